The van der Waals surface area contributed by atoms with Crippen molar-refractivity contribution in [2.24, 2.45) is 5.92 Å². The number of aromatic nitrogens is 2. The average molecular weight is 536 g/mol. The van der Waals surface area contributed by atoms with Gasteiger partial charge in [-0.05, 0) is 41.6 Å². The minimum absolute atomic E-state index is 0.0578. The predicted octanol–water partition coefficient (Wildman–Crippen LogP) is 5.35. The second-order valence-corrected chi connectivity index (χ2v) is 11.8. The molecule has 1 saturated heterocycles. The number of ether oxygens (including phenoxy) is 1. The number of para-hydroxylation sites is 1. The Morgan fingerprint density at radius 1 is 0.973 bits per heavy atom. The van der Waals surface area contributed by atoms with Gasteiger partial charge in [0.2, 0.25) is 0 Å². The van der Waals surface area contributed by atoms with Crippen LogP contribution in [0.3, 0.4) is 0 Å². The van der Waals surface area contributed by atoms with Crippen molar-refractivity contribution >= 4 is 45.4 Å². The fourth-order valence-electron chi connectivity index (χ4n) is 4.62. The van der Waals surface area contributed by atoms with E-state index in [1.165, 1.54) is 21.7 Å². The molecule has 4 heterocycles. The van der Waals surface area contributed by atoms with Crippen LogP contribution in [0.4, 0.5) is 5.82 Å². The van der Waals surface area contributed by atoms with Crippen molar-refractivity contribution < 1.29 is 9.53 Å². The highest BCUT2D eigenvalue weighted by Crippen LogP contribution is 2.32. The van der Waals surface area contributed by atoms with Gasteiger partial charge in [-0.3, -0.25) is 9.80 Å². The number of rotatable bonds is 9. The largest absolute Gasteiger partial charge is 0.467 e. The lowest BCUT2D eigenvalue weighted by Crippen LogP contribution is -2.45. The van der Waals surface area contributed by atoms with E-state index in [2.05, 4.69) is 44.8 Å². The standard InChI is InChI=1S/C28H33N5O2S2/c1-19(2)26(28(34)35-3)31-27-21-7-4-5-8-22(21)29-25(30-27)18-33-14-12-32(13-15-33)17-20-10-11-24(37-20)23-9-6-16-36-23/h4-11,16,19,26H,12-15,17-18H2,1-3H3,(H,29,30,31)/t26-/m0/s1. The van der Waals surface area contributed by atoms with E-state index in [1.54, 1.807) is 11.3 Å². The number of benzene rings is 1. The van der Waals surface area contributed by atoms with Crippen molar-refractivity contribution in [3.05, 3.63) is 64.6 Å². The number of hydrogen-bond donors (Lipinski definition) is 1. The normalized spacial score (nSPS) is 15.8. The SMILES string of the molecule is COC(=O)[C@@H](Nc1nc(CN2CCN(Cc3ccc(-c4cccs4)s3)CC2)nc2ccccc12)C(C)C. The van der Waals surface area contributed by atoms with E-state index in [-0.39, 0.29) is 11.9 Å². The van der Waals surface area contributed by atoms with Gasteiger partial charge in [-0.25, -0.2) is 14.8 Å². The third-order valence-corrected chi connectivity index (χ3v) is 8.83. The van der Waals surface area contributed by atoms with Crippen LogP contribution in [0.25, 0.3) is 20.7 Å². The molecule has 0 bridgehead atoms. The minimum atomic E-state index is -0.475. The fraction of sp³-hybridized carbons (Fsp3) is 0.393. The molecule has 1 atom stereocenters. The summed E-state index contributed by atoms with van der Waals surface area (Å²) in [6.45, 7) is 9.65. The first-order valence-electron chi connectivity index (χ1n) is 12.7. The zero-order chi connectivity index (χ0) is 25.8. The van der Waals surface area contributed by atoms with Gasteiger partial charge in [0.05, 0.1) is 19.2 Å². The zero-order valence-corrected chi connectivity index (χ0v) is 23.1. The van der Waals surface area contributed by atoms with Crippen molar-refractivity contribution in [1.29, 1.82) is 0 Å². The molecular weight excluding hydrogens is 502 g/mol. The Kier molecular flexibility index (Phi) is 8.14. The summed E-state index contributed by atoms with van der Waals surface area (Å²) in [5.74, 6) is 1.22. The van der Waals surface area contributed by atoms with Crippen molar-refractivity contribution in [3.8, 4) is 9.75 Å². The van der Waals surface area contributed by atoms with Crippen molar-refractivity contribution in [2.45, 2.75) is 33.0 Å². The van der Waals surface area contributed by atoms with Gasteiger partial charge in [0, 0.05) is 52.7 Å². The molecule has 1 aromatic carbocycles. The summed E-state index contributed by atoms with van der Waals surface area (Å²) in [5, 5.41) is 6.38. The molecule has 1 fully saturated rings. The van der Waals surface area contributed by atoms with E-state index in [9.17, 15) is 4.79 Å². The fourth-order valence-corrected chi connectivity index (χ4v) is 6.50. The Morgan fingerprint density at radius 3 is 2.43 bits per heavy atom. The second-order valence-electron chi connectivity index (χ2n) is 9.69. The smallest absolute Gasteiger partial charge is 0.328 e. The summed E-state index contributed by atoms with van der Waals surface area (Å²) in [5.41, 5.74) is 0.875. The lowest BCUT2D eigenvalue weighted by atomic mass is 10.0. The van der Waals surface area contributed by atoms with E-state index in [1.807, 2.05) is 49.4 Å². The number of carbonyl (C=O) groups is 1. The Bertz CT molecular complexity index is 1330. The van der Waals surface area contributed by atoms with Gasteiger partial charge in [-0.2, -0.15) is 0 Å². The summed E-state index contributed by atoms with van der Waals surface area (Å²) < 4.78 is 5.03. The maximum atomic E-state index is 12.4. The van der Waals surface area contributed by atoms with Gasteiger partial charge in [-0.15, -0.1) is 22.7 Å². The molecule has 9 heteroatoms. The number of anilines is 1. The molecule has 1 N–H and O–H groups in total. The molecule has 4 aromatic rings. The number of nitrogens with zero attached hydrogens (tertiary/aromatic N) is 4. The molecule has 1 aliphatic heterocycles. The van der Waals surface area contributed by atoms with Gasteiger partial charge < -0.3 is 10.1 Å². The summed E-state index contributed by atoms with van der Waals surface area (Å²) >= 11 is 3.69. The molecule has 0 unspecified atom stereocenters. The molecule has 194 valence electrons. The van der Waals surface area contributed by atoms with E-state index >= 15 is 0 Å². The van der Waals surface area contributed by atoms with Crippen molar-refractivity contribution in [1.82, 2.24) is 19.8 Å². The van der Waals surface area contributed by atoms with Crippen LogP contribution in [0.2, 0.25) is 0 Å². The quantitative estimate of drug-likeness (QED) is 0.290. The Hall–Kier alpha value is -2.85. The highest BCUT2D eigenvalue weighted by molar-refractivity contribution is 7.21. The lowest BCUT2D eigenvalue weighted by molar-refractivity contribution is -0.142. The number of piperazine rings is 1. The average Bonchev–Trinajstić information content (AvgIpc) is 3.60. The molecule has 1 aliphatic rings. The Labute approximate surface area is 226 Å². The van der Waals surface area contributed by atoms with Crippen LogP contribution in [0.5, 0.6) is 0 Å². The molecule has 0 aliphatic carbocycles. The van der Waals surface area contributed by atoms with E-state index in [4.69, 9.17) is 14.7 Å². The molecule has 7 nitrogen and oxygen atoms in total. The zero-order valence-electron chi connectivity index (χ0n) is 21.5. The maximum absolute atomic E-state index is 12.4. The first-order valence-corrected chi connectivity index (χ1v) is 14.4. The van der Waals surface area contributed by atoms with Gasteiger partial charge in [0.1, 0.15) is 17.7 Å². The summed E-state index contributed by atoms with van der Waals surface area (Å²) in [7, 11) is 1.42. The highest BCUT2D eigenvalue weighted by atomic mass is 32.1. The Balaban J connectivity index is 1.24. The number of esters is 1. The van der Waals surface area contributed by atoms with Gasteiger partial charge >= 0.3 is 5.97 Å². The van der Waals surface area contributed by atoms with E-state index < -0.39 is 6.04 Å². The monoisotopic (exact) mass is 535 g/mol. The molecule has 0 amide bonds. The number of carbonyl (C=O) groups excluding carboxylic acids is 1. The van der Waals surface area contributed by atoms with Gasteiger partial charge in [-0.1, -0.05) is 32.0 Å². The van der Waals surface area contributed by atoms with Gasteiger partial charge in [0.25, 0.3) is 0 Å². The number of fused-ring (bicyclic) bond motifs is 1. The molecular formula is C28H33N5O2S2. The number of methoxy groups -OCH3 is 1. The van der Waals surface area contributed by atoms with E-state index in [0.29, 0.717) is 12.4 Å². The van der Waals surface area contributed by atoms with Crippen LogP contribution in [0, 0.1) is 5.92 Å². The maximum Gasteiger partial charge on any atom is 0.328 e. The number of thiophene rings is 2. The molecule has 0 saturated carbocycles. The molecule has 5 rings (SSSR count). The van der Waals surface area contributed by atoms with E-state index in [0.717, 1.165) is 49.5 Å². The van der Waals surface area contributed by atoms with Crippen LogP contribution in [-0.4, -0.2) is 65.1 Å². The second kappa shape index (κ2) is 11.7. The van der Waals surface area contributed by atoms with Crippen LogP contribution in [-0.2, 0) is 22.6 Å². The highest BCUT2D eigenvalue weighted by Gasteiger charge is 2.25. The minimum Gasteiger partial charge on any atom is -0.467 e. The number of nitrogens with one attached hydrogen (secondary N) is 1. The predicted molar refractivity (Wildman–Crippen MR) is 152 cm³/mol. The Morgan fingerprint density at radius 2 is 1.73 bits per heavy atom. The molecule has 37 heavy (non-hydrogen) atoms. The van der Waals surface area contributed by atoms with Gasteiger partial charge in [0.15, 0.2) is 0 Å². The van der Waals surface area contributed by atoms with Crippen molar-refractivity contribution in [2.75, 3.05) is 38.6 Å². The van der Waals surface area contributed by atoms with Crippen molar-refractivity contribution in [3.63, 3.8) is 0 Å². The topological polar surface area (TPSA) is 70.6 Å². The summed E-state index contributed by atoms with van der Waals surface area (Å²) in [4.78, 5) is 31.1. The third kappa shape index (κ3) is 6.18. The number of hydrogen-bond acceptors (Lipinski definition) is 9. The van der Waals surface area contributed by atoms with Crippen LogP contribution in [0.1, 0.15) is 24.5 Å². The third-order valence-electron chi connectivity index (χ3n) is 6.70. The first-order chi connectivity index (χ1) is 18.0. The van der Waals surface area contributed by atoms with Crippen LogP contribution < -0.4 is 5.32 Å². The van der Waals surface area contributed by atoms with Crippen LogP contribution in [0.15, 0.2) is 53.9 Å². The first kappa shape index (κ1) is 25.8. The summed E-state index contributed by atoms with van der Waals surface area (Å²) in [6, 6.07) is 16.3. The lowest BCUT2D eigenvalue weighted by Gasteiger charge is -2.34. The molecule has 3 aromatic heterocycles. The molecule has 0 spiro atoms. The van der Waals surface area contributed by atoms with Crippen LogP contribution >= 0.6 is 22.7 Å². The molecule has 0 radical (unpaired) electrons. The summed E-state index contributed by atoms with van der Waals surface area (Å²) in [6.07, 6.45) is 0.